The zero-order valence-electron chi connectivity index (χ0n) is 8.84. The summed E-state index contributed by atoms with van der Waals surface area (Å²) in [6, 6.07) is 0. The summed E-state index contributed by atoms with van der Waals surface area (Å²) in [4.78, 5) is 5.74. The van der Waals surface area contributed by atoms with Gasteiger partial charge in [-0.05, 0) is 33.2 Å². The van der Waals surface area contributed by atoms with Crippen LogP contribution in [-0.2, 0) is 6.54 Å². The quantitative estimate of drug-likeness (QED) is 0.707. The van der Waals surface area contributed by atoms with Gasteiger partial charge in [-0.2, -0.15) is 0 Å². The van der Waals surface area contributed by atoms with E-state index in [2.05, 4.69) is 17.2 Å². The lowest BCUT2D eigenvalue weighted by atomic mass is 10.3. The summed E-state index contributed by atoms with van der Waals surface area (Å²) < 4.78 is 0. The van der Waals surface area contributed by atoms with E-state index >= 15 is 0 Å². The van der Waals surface area contributed by atoms with Crippen LogP contribution in [0.4, 0.5) is 0 Å². The minimum atomic E-state index is 0.289. The first-order valence-corrected chi connectivity index (χ1v) is 5.80. The van der Waals surface area contributed by atoms with Gasteiger partial charge in [0.2, 0.25) is 0 Å². The Bertz CT molecular complexity index is 254. The lowest BCUT2D eigenvalue weighted by molar-refractivity contribution is 0.283. The number of unbranched alkanes of at least 4 members (excludes halogenated alkanes) is 1. The maximum absolute atomic E-state index is 8.58. The molecule has 2 N–H and O–H groups in total. The molecule has 1 aromatic heterocycles. The number of aliphatic hydroxyl groups is 1. The molecule has 1 heterocycles. The second-order valence-electron chi connectivity index (χ2n) is 3.36. The predicted molar refractivity (Wildman–Crippen MR) is 59.6 cm³/mol. The van der Waals surface area contributed by atoms with Gasteiger partial charge in [-0.1, -0.05) is 0 Å². The zero-order chi connectivity index (χ0) is 10.4. The number of aromatic nitrogens is 1. The van der Waals surface area contributed by atoms with E-state index in [1.165, 1.54) is 4.88 Å². The molecule has 0 atom stereocenters. The molecule has 80 valence electrons. The van der Waals surface area contributed by atoms with Crippen LogP contribution in [0.3, 0.4) is 0 Å². The van der Waals surface area contributed by atoms with E-state index in [-0.39, 0.29) is 6.61 Å². The molecule has 0 saturated carbocycles. The van der Waals surface area contributed by atoms with Crippen molar-refractivity contribution in [2.75, 3.05) is 13.2 Å². The molecule has 0 amide bonds. The Morgan fingerprint density at radius 2 is 2.14 bits per heavy atom. The summed E-state index contributed by atoms with van der Waals surface area (Å²) in [5.41, 5.74) is 1.14. The molecule has 0 aliphatic carbocycles. The van der Waals surface area contributed by atoms with E-state index in [0.29, 0.717) is 0 Å². The molecule has 1 rings (SSSR count). The van der Waals surface area contributed by atoms with Gasteiger partial charge in [0.15, 0.2) is 0 Å². The van der Waals surface area contributed by atoms with Crippen LogP contribution < -0.4 is 5.32 Å². The summed E-state index contributed by atoms with van der Waals surface area (Å²) in [7, 11) is 0. The highest BCUT2D eigenvalue weighted by molar-refractivity contribution is 7.11. The fourth-order valence-corrected chi connectivity index (χ4v) is 2.08. The van der Waals surface area contributed by atoms with E-state index < -0.39 is 0 Å². The van der Waals surface area contributed by atoms with Gasteiger partial charge >= 0.3 is 0 Å². The Morgan fingerprint density at radius 3 is 2.71 bits per heavy atom. The predicted octanol–water partition coefficient (Wildman–Crippen LogP) is 1.62. The van der Waals surface area contributed by atoms with Crippen LogP contribution in [0.1, 0.15) is 28.4 Å². The Morgan fingerprint density at radius 1 is 1.36 bits per heavy atom. The average molecular weight is 214 g/mol. The fraction of sp³-hybridized carbons (Fsp3) is 0.700. The van der Waals surface area contributed by atoms with Gasteiger partial charge in [-0.3, -0.25) is 0 Å². The molecule has 0 aliphatic heterocycles. The highest BCUT2D eigenvalue weighted by Gasteiger charge is 2.01. The number of rotatable bonds is 6. The van der Waals surface area contributed by atoms with Crippen molar-refractivity contribution in [3.63, 3.8) is 0 Å². The van der Waals surface area contributed by atoms with Crippen LogP contribution in [0.25, 0.3) is 0 Å². The van der Waals surface area contributed by atoms with Crippen LogP contribution in [0.5, 0.6) is 0 Å². The average Bonchev–Trinajstić information content (AvgIpc) is 2.46. The van der Waals surface area contributed by atoms with Gasteiger partial charge in [0.25, 0.3) is 0 Å². The molecule has 0 aromatic carbocycles. The SMILES string of the molecule is Cc1nc(CNCCCCO)sc1C. The van der Waals surface area contributed by atoms with Crippen LogP contribution in [0.2, 0.25) is 0 Å². The standard InChI is InChI=1S/C10H18N2OS/c1-8-9(2)14-10(12-8)7-11-5-3-4-6-13/h11,13H,3-7H2,1-2H3. The topological polar surface area (TPSA) is 45.2 Å². The van der Waals surface area contributed by atoms with E-state index in [1.807, 2.05) is 6.92 Å². The summed E-state index contributed by atoms with van der Waals surface area (Å²) in [5, 5.41) is 13.1. The summed E-state index contributed by atoms with van der Waals surface area (Å²) in [6.45, 7) is 6.24. The lowest BCUT2D eigenvalue weighted by Gasteiger charge is -2.00. The third kappa shape index (κ3) is 3.74. The van der Waals surface area contributed by atoms with Gasteiger partial charge in [0.1, 0.15) is 5.01 Å². The Balaban J connectivity index is 2.18. The summed E-state index contributed by atoms with van der Waals surface area (Å²) in [6.07, 6.45) is 1.91. The molecule has 1 aromatic rings. The Kier molecular flexibility index (Phi) is 5.07. The maximum atomic E-state index is 8.58. The molecule has 0 saturated heterocycles. The van der Waals surface area contributed by atoms with Gasteiger partial charge in [0, 0.05) is 18.0 Å². The van der Waals surface area contributed by atoms with Crippen molar-refractivity contribution in [1.82, 2.24) is 10.3 Å². The van der Waals surface area contributed by atoms with Crippen molar-refractivity contribution >= 4 is 11.3 Å². The van der Waals surface area contributed by atoms with Gasteiger partial charge in [0.05, 0.1) is 5.69 Å². The largest absolute Gasteiger partial charge is 0.396 e. The third-order valence-corrected chi connectivity index (χ3v) is 3.18. The van der Waals surface area contributed by atoms with E-state index in [0.717, 1.165) is 36.6 Å². The van der Waals surface area contributed by atoms with Crippen LogP contribution in [0.15, 0.2) is 0 Å². The third-order valence-electron chi connectivity index (χ3n) is 2.11. The van der Waals surface area contributed by atoms with E-state index in [4.69, 9.17) is 5.11 Å². The molecular weight excluding hydrogens is 196 g/mol. The van der Waals surface area contributed by atoms with Crippen molar-refractivity contribution in [3.05, 3.63) is 15.6 Å². The van der Waals surface area contributed by atoms with Gasteiger partial charge in [-0.25, -0.2) is 4.98 Å². The summed E-state index contributed by atoms with van der Waals surface area (Å²) >= 11 is 1.76. The molecule has 0 radical (unpaired) electrons. The first-order chi connectivity index (χ1) is 6.74. The maximum Gasteiger partial charge on any atom is 0.107 e. The van der Waals surface area contributed by atoms with Crippen molar-refractivity contribution in [1.29, 1.82) is 0 Å². The smallest absolute Gasteiger partial charge is 0.107 e. The van der Waals surface area contributed by atoms with Crippen molar-refractivity contribution < 1.29 is 5.11 Å². The molecule has 0 aliphatic rings. The number of nitrogens with zero attached hydrogens (tertiary/aromatic N) is 1. The van der Waals surface area contributed by atoms with Crippen LogP contribution in [0, 0.1) is 13.8 Å². The zero-order valence-corrected chi connectivity index (χ0v) is 9.65. The number of thiazole rings is 1. The number of aliphatic hydroxyl groups excluding tert-OH is 1. The number of aryl methyl sites for hydroxylation is 2. The molecule has 3 nitrogen and oxygen atoms in total. The summed E-state index contributed by atoms with van der Waals surface area (Å²) in [5.74, 6) is 0. The second-order valence-corrected chi connectivity index (χ2v) is 4.64. The molecule has 0 spiro atoms. The minimum absolute atomic E-state index is 0.289. The first-order valence-electron chi connectivity index (χ1n) is 4.98. The fourth-order valence-electron chi connectivity index (χ4n) is 1.17. The Labute approximate surface area is 89.2 Å². The van der Waals surface area contributed by atoms with E-state index in [9.17, 15) is 0 Å². The molecule has 0 bridgehead atoms. The van der Waals surface area contributed by atoms with Crippen molar-refractivity contribution in [3.8, 4) is 0 Å². The molecule has 14 heavy (non-hydrogen) atoms. The molecule has 4 heteroatoms. The lowest BCUT2D eigenvalue weighted by Crippen LogP contribution is -2.14. The second kappa shape index (κ2) is 6.11. The first kappa shape index (κ1) is 11.6. The van der Waals surface area contributed by atoms with Gasteiger partial charge in [-0.15, -0.1) is 11.3 Å². The molecular formula is C10H18N2OS. The van der Waals surface area contributed by atoms with Crippen LogP contribution >= 0.6 is 11.3 Å². The number of nitrogens with one attached hydrogen (secondary N) is 1. The number of hydrogen-bond acceptors (Lipinski definition) is 4. The number of hydrogen-bond donors (Lipinski definition) is 2. The van der Waals surface area contributed by atoms with Gasteiger partial charge < -0.3 is 10.4 Å². The molecule has 0 unspecified atom stereocenters. The Hall–Kier alpha value is -0.450. The monoisotopic (exact) mass is 214 g/mol. The van der Waals surface area contributed by atoms with Crippen molar-refractivity contribution in [2.24, 2.45) is 0 Å². The normalized spacial score (nSPS) is 10.8. The minimum Gasteiger partial charge on any atom is -0.396 e. The van der Waals surface area contributed by atoms with E-state index in [1.54, 1.807) is 11.3 Å². The van der Waals surface area contributed by atoms with Crippen molar-refractivity contribution in [2.45, 2.75) is 33.2 Å². The molecule has 0 fully saturated rings. The van der Waals surface area contributed by atoms with Crippen LogP contribution in [-0.4, -0.2) is 23.2 Å². The highest BCUT2D eigenvalue weighted by Crippen LogP contribution is 2.15. The highest BCUT2D eigenvalue weighted by atomic mass is 32.1.